The van der Waals surface area contributed by atoms with E-state index in [2.05, 4.69) is 31.4 Å². The number of ether oxygens (including phenoxy) is 2. The van der Waals surface area contributed by atoms with Crippen LogP contribution < -0.4 is 15.4 Å². The minimum Gasteiger partial charge on any atom is -0.493 e. The van der Waals surface area contributed by atoms with Crippen LogP contribution in [0.3, 0.4) is 0 Å². The highest BCUT2D eigenvalue weighted by molar-refractivity contribution is 5.95. The zero-order valence-corrected chi connectivity index (χ0v) is 18.7. The van der Waals surface area contributed by atoms with Crippen LogP contribution in [-0.4, -0.2) is 30.5 Å². The third kappa shape index (κ3) is 8.12. The van der Waals surface area contributed by atoms with E-state index in [-0.39, 0.29) is 24.3 Å². The Morgan fingerprint density at radius 1 is 0.903 bits per heavy atom. The van der Waals surface area contributed by atoms with Crippen LogP contribution in [0.1, 0.15) is 46.6 Å². The summed E-state index contributed by atoms with van der Waals surface area (Å²) >= 11 is 0. The molecule has 0 radical (unpaired) electrons. The van der Waals surface area contributed by atoms with E-state index >= 15 is 0 Å². The van der Waals surface area contributed by atoms with E-state index in [1.54, 1.807) is 24.3 Å². The Balaban J connectivity index is 1.74. The zero-order valence-electron chi connectivity index (χ0n) is 18.7. The van der Waals surface area contributed by atoms with Gasteiger partial charge < -0.3 is 20.1 Å². The topological polar surface area (TPSA) is 93.7 Å². The van der Waals surface area contributed by atoms with Crippen molar-refractivity contribution < 1.29 is 23.9 Å². The number of carbonyl (C=O) groups excluding carboxylic acids is 3. The summed E-state index contributed by atoms with van der Waals surface area (Å²) in [5.74, 6) is -0.466. The molecule has 2 N–H and O–H groups in total. The van der Waals surface area contributed by atoms with Gasteiger partial charge in [0.05, 0.1) is 13.0 Å². The number of amides is 2. The average Bonchev–Trinajstić information content (AvgIpc) is 2.68. The molecule has 0 aliphatic rings. The van der Waals surface area contributed by atoms with Crippen molar-refractivity contribution in [2.75, 3.05) is 17.2 Å². The van der Waals surface area contributed by atoms with Crippen molar-refractivity contribution in [3.05, 3.63) is 54.1 Å². The molecule has 166 valence electrons. The Morgan fingerprint density at radius 3 is 1.97 bits per heavy atom. The molecule has 31 heavy (non-hydrogen) atoms. The van der Waals surface area contributed by atoms with E-state index in [4.69, 9.17) is 9.47 Å². The van der Waals surface area contributed by atoms with Crippen LogP contribution in [0.15, 0.2) is 48.5 Å². The molecular weight excluding hydrogens is 396 g/mol. The molecule has 2 aromatic rings. The molecule has 0 saturated carbocycles. The lowest BCUT2D eigenvalue weighted by molar-refractivity contribution is -0.153. The first-order valence-corrected chi connectivity index (χ1v) is 10.2. The van der Waals surface area contributed by atoms with Gasteiger partial charge in [0.2, 0.25) is 5.91 Å². The summed E-state index contributed by atoms with van der Waals surface area (Å²) in [5.41, 5.74) is 2.41. The van der Waals surface area contributed by atoms with Gasteiger partial charge in [-0.25, -0.2) is 0 Å². The average molecular weight is 427 g/mol. The predicted octanol–water partition coefficient (Wildman–Crippen LogP) is 4.28. The summed E-state index contributed by atoms with van der Waals surface area (Å²) in [4.78, 5) is 35.3. The van der Waals surface area contributed by atoms with Gasteiger partial charge >= 0.3 is 5.97 Å². The van der Waals surface area contributed by atoms with Crippen molar-refractivity contribution in [1.82, 2.24) is 0 Å². The maximum atomic E-state index is 12.2. The molecule has 7 heteroatoms. The summed E-state index contributed by atoms with van der Waals surface area (Å²) in [5, 5.41) is 5.31. The van der Waals surface area contributed by atoms with Crippen LogP contribution in [0.2, 0.25) is 0 Å². The molecule has 0 aromatic heterocycles. The maximum absolute atomic E-state index is 12.2. The van der Waals surface area contributed by atoms with Gasteiger partial charge in [0, 0.05) is 18.3 Å². The van der Waals surface area contributed by atoms with Gasteiger partial charge in [0.15, 0.2) is 6.10 Å². The quantitative estimate of drug-likeness (QED) is 0.615. The number of nitrogens with one attached hydrogen (secondary N) is 2. The standard InChI is InChI=1S/C24H30N2O5/c1-16(23(29)26-20-10-8-19(9-11-20)25-17(2)27)31-22(28)14-15-30-21-12-6-18(7-13-21)24(3,4)5/h6-13,16H,14-15H2,1-5H3,(H,25,27)(H,26,29)/t16-/m1/s1. The fourth-order valence-electron chi connectivity index (χ4n) is 2.70. The molecule has 0 bridgehead atoms. The van der Waals surface area contributed by atoms with Crippen LogP contribution in [0.5, 0.6) is 5.75 Å². The van der Waals surface area contributed by atoms with Gasteiger partial charge in [-0.1, -0.05) is 32.9 Å². The first-order chi connectivity index (χ1) is 14.5. The van der Waals surface area contributed by atoms with E-state index in [1.165, 1.54) is 19.4 Å². The van der Waals surface area contributed by atoms with Gasteiger partial charge in [-0.3, -0.25) is 14.4 Å². The molecular formula is C24H30N2O5. The molecule has 0 aliphatic heterocycles. The fraction of sp³-hybridized carbons (Fsp3) is 0.375. The van der Waals surface area contributed by atoms with Gasteiger partial charge in [0.1, 0.15) is 5.75 Å². The maximum Gasteiger partial charge on any atom is 0.310 e. The Kier molecular flexibility index (Phi) is 8.19. The number of benzene rings is 2. The van der Waals surface area contributed by atoms with Gasteiger partial charge in [-0.15, -0.1) is 0 Å². The number of esters is 1. The number of hydrogen-bond donors (Lipinski definition) is 2. The highest BCUT2D eigenvalue weighted by Gasteiger charge is 2.18. The summed E-state index contributed by atoms with van der Waals surface area (Å²) in [6, 6.07) is 14.4. The summed E-state index contributed by atoms with van der Waals surface area (Å²) in [6.45, 7) is 9.49. The van der Waals surface area contributed by atoms with Crippen LogP contribution in [-0.2, 0) is 24.5 Å². The summed E-state index contributed by atoms with van der Waals surface area (Å²) < 4.78 is 10.8. The van der Waals surface area contributed by atoms with E-state index < -0.39 is 18.0 Å². The van der Waals surface area contributed by atoms with E-state index in [0.29, 0.717) is 17.1 Å². The Bertz CT molecular complexity index is 899. The van der Waals surface area contributed by atoms with Crippen molar-refractivity contribution in [2.45, 2.75) is 52.6 Å². The summed E-state index contributed by atoms with van der Waals surface area (Å²) in [7, 11) is 0. The molecule has 2 rings (SSSR count). The van der Waals surface area contributed by atoms with E-state index in [9.17, 15) is 14.4 Å². The highest BCUT2D eigenvalue weighted by Crippen LogP contribution is 2.24. The second-order valence-corrected chi connectivity index (χ2v) is 8.25. The third-order valence-electron chi connectivity index (χ3n) is 4.45. The third-order valence-corrected chi connectivity index (χ3v) is 4.45. The van der Waals surface area contributed by atoms with Gasteiger partial charge in [-0.05, 0) is 54.3 Å². The predicted molar refractivity (Wildman–Crippen MR) is 120 cm³/mol. The molecule has 0 unspecified atom stereocenters. The normalized spacial score (nSPS) is 11.9. The largest absolute Gasteiger partial charge is 0.493 e. The number of carbonyl (C=O) groups is 3. The second-order valence-electron chi connectivity index (χ2n) is 8.25. The molecule has 0 aliphatic carbocycles. The van der Waals surface area contributed by atoms with Crippen molar-refractivity contribution in [2.24, 2.45) is 0 Å². The van der Waals surface area contributed by atoms with Crippen LogP contribution >= 0.6 is 0 Å². The van der Waals surface area contributed by atoms with Crippen molar-refractivity contribution in [1.29, 1.82) is 0 Å². The lowest BCUT2D eigenvalue weighted by Gasteiger charge is -2.19. The van der Waals surface area contributed by atoms with Crippen molar-refractivity contribution in [3.8, 4) is 5.75 Å². The molecule has 0 heterocycles. The molecule has 2 amide bonds. The van der Waals surface area contributed by atoms with E-state index in [0.717, 1.165) is 0 Å². The van der Waals surface area contributed by atoms with Crippen LogP contribution in [0.4, 0.5) is 11.4 Å². The first kappa shape index (κ1) is 23.9. The van der Waals surface area contributed by atoms with Crippen LogP contribution in [0, 0.1) is 0 Å². The monoisotopic (exact) mass is 426 g/mol. The number of hydrogen-bond acceptors (Lipinski definition) is 5. The van der Waals surface area contributed by atoms with Gasteiger partial charge in [-0.2, -0.15) is 0 Å². The minimum absolute atomic E-state index is 0.0318. The van der Waals surface area contributed by atoms with Crippen LogP contribution in [0.25, 0.3) is 0 Å². The Hall–Kier alpha value is -3.35. The zero-order chi connectivity index (χ0) is 23.0. The Labute approximate surface area is 183 Å². The smallest absolute Gasteiger partial charge is 0.310 e. The molecule has 2 aromatic carbocycles. The lowest BCUT2D eigenvalue weighted by atomic mass is 9.87. The van der Waals surface area contributed by atoms with Crippen molar-refractivity contribution in [3.63, 3.8) is 0 Å². The Morgan fingerprint density at radius 2 is 1.45 bits per heavy atom. The van der Waals surface area contributed by atoms with Gasteiger partial charge in [0.25, 0.3) is 5.91 Å². The van der Waals surface area contributed by atoms with Crippen molar-refractivity contribution >= 4 is 29.2 Å². The molecule has 0 saturated heterocycles. The van der Waals surface area contributed by atoms with E-state index in [1.807, 2.05) is 24.3 Å². The lowest BCUT2D eigenvalue weighted by Crippen LogP contribution is -2.30. The molecule has 1 atom stereocenters. The molecule has 0 fully saturated rings. The molecule has 7 nitrogen and oxygen atoms in total. The molecule has 0 spiro atoms. The SMILES string of the molecule is CC(=O)Nc1ccc(NC(=O)[C@@H](C)OC(=O)CCOc2ccc(C(C)(C)C)cc2)cc1. The first-order valence-electron chi connectivity index (χ1n) is 10.2. The highest BCUT2D eigenvalue weighted by atomic mass is 16.5. The number of anilines is 2. The fourth-order valence-corrected chi connectivity index (χ4v) is 2.70. The number of rotatable bonds is 8. The second kappa shape index (κ2) is 10.6. The summed E-state index contributed by atoms with van der Waals surface area (Å²) in [6.07, 6.45) is -0.919. The minimum atomic E-state index is -0.950.